The molecule has 3 rings (SSSR count). The molecule has 2 atom stereocenters. The minimum absolute atomic E-state index is 0.311. The minimum Gasteiger partial charge on any atom is -0.467 e. The fourth-order valence-corrected chi connectivity index (χ4v) is 3.55. The van der Waals surface area contributed by atoms with E-state index in [1.54, 1.807) is 13.3 Å². The highest BCUT2D eigenvalue weighted by Crippen LogP contribution is 2.35. The molecule has 8 heteroatoms. The first-order chi connectivity index (χ1) is 11.6. The Labute approximate surface area is 147 Å². The Balaban J connectivity index is 1.76. The van der Waals surface area contributed by atoms with Gasteiger partial charge in [-0.3, -0.25) is 4.90 Å². The van der Waals surface area contributed by atoms with Crippen LogP contribution in [0.3, 0.4) is 0 Å². The number of likely N-dealkylation sites (tertiary alicyclic amines) is 1. The van der Waals surface area contributed by atoms with E-state index in [1.165, 1.54) is 12.1 Å². The smallest absolute Gasteiger partial charge is 0.318 e. The zero-order valence-electron chi connectivity index (χ0n) is 14.2. The van der Waals surface area contributed by atoms with Crippen LogP contribution in [-0.4, -0.2) is 51.7 Å². The van der Waals surface area contributed by atoms with E-state index in [1.807, 2.05) is 19.6 Å². The Hall–Kier alpha value is -1.86. The van der Waals surface area contributed by atoms with Gasteiger partial charge in [-0.1, -0.05) is 11.6 Å². The molecule has 1 N–H and O–H groups in total. The third-order valence-electron chi connectivity index (χ3n) is 4.60. The molecule has 2 aromatic heterocycles. The van der Waals surface area contributed by atoms with Gasteiger partial charge < -0.3 is 14.6 Å². The van der Waals surface area contributed by atoms with E-state index in [-0.39, 0.29) is 0 Å². The number of aryl methyl sites for hydroxylation is 1. The molecule has 0 saturated carbocycles. The van der Waals surface area contributed by atoms with Crippen LogP contribution in [0.15, 0.2) is 18.7 Å². The Morgan fingerprint density at radius 3 is 2.92 bits per heavy atom. The summed E-state index contributed by atoms with van der Waals surface area (Å²) in [4.78, 5) is 15.0. The van der Waals surface area contributed by atoms with E-state index in [2.05, 4.69) is 36.8 Å². The maximum Gasteiger partial charge on any atom is 0.318 e. The minimum atomic E-state index is 0.311. The third kappa shape index (κ3) is 3.47. The highest BCUT2D eigenvalue weighted by Gasteiger charge is 2.32. The van der Waals surface area contributed by atoms with Crippen molar-refractivity contribution in [2.75, 3.05) is 32.6 Å². The topological polar surface area (TPSA) is 68.1 Å². The number of piperidine rings is 1. The summed E-state index contributed by atoms with van der Waals surface area (Å²) in [5.41, 5.74) is 1.23. The summed E-state index contributed by atoms with van der Waals surface area (Å²) < 4.78 is 7.17. The summed E-state index contributed by atoms with van der Waals surface area (Å²) in [6.07, 6.45) is 7.70. The lowest BCUT2D eigenvalue weighted by Crippen LogP contribution is -2.39. The van der Waals surface area contributed by atoms with Crippen molar-refractivity contribution in [3.05, 3.63) is 29.4 Å². The lowest BCUT2D eigenvalue weighted by molar-refractivity contribution is 0.122. The lowest BCUT2D eigenvalue weighted by atomic mass is 9.87. The van der Waals surface area contributed by atoms with Crippen molar-refractivity contribution >= 4 is 17.4 Å². The van der Waals surface area contributed by atoms with Crippen molar-refractivity contribution in [3.63, 3.8) is 0 Å². The summed E-state index contributed by atoms with van der Waals surface area (Å²) in [5, 5.41) is 3.87. The van der Waals surface area contributed by atoms with Crippen LogP contribution in [0.25, 0.3) is 0 Å². The van der Waals surface area contributed by atoms with Crippen molar-refractivity contribution in [1.82, 2.24) is 24.4 Å². The predicted molar refractivity (Wildman–Crippen MR) is 93.4 cm³/mol. The summed E-state index contributed by atoms with van der Waals surface area (Å²) >= 11 is 6.19. The van der Waals surface area contributed by atoms with Crippen molar-refractivity contribution in [2.45, 2.75) is 18.9 Å². The number of hydrogen-bond acceptors (Lipinski definition) is 6. The van der Waals surface area contributed by atoms with Gasteiger partial charge in [0, 0.05) is 19.8 Å². The van der Waals surface area contributed by atoms with Gasteiger partial charge in [-0.15, -0.1) is 0 Å². The van der Waals surface area contributed by atoms with Crippen molar-refractivity contribution in [1.29, 1.82) is 0 Å². The molecule has 1 fully saturated rings. The zero-order chi connectivity index (χ0) is 17.1. The van der Waals surface area contributed by atoms with Crippen molar-refractivity contribution < 1.29 is 4.74 Å². The largest absolute Gasteiger partial charge is 0.467 e. The normalized spacial score (nSPS) is 21.7. The number of hydrogen-bond donors (Lipinski definition) is 1. The van der Waals surface area contributed by atoms with Gasteiger partial charge in [0.05, 0.1) is 31.4 Å². The summed E-state index contributed by atoms with van der Waals surface area (Å²) in [6.45, 7) is 1.87. The number of imidazole rings is 1. The fourth-order valence-electron chi connectivity index (χ4n) is 3.39. The van der Waals surface area contributed by atoms with Gasteiger partial charge in [-0.2, -0.15) is 4.98 Å². The van der Waals surface area contributed by atoms with Gasteiger partial charge in [0.2, 0.25) is 0 Å². The number of rotatable bonds is 5. The van der Waals surface area contributed by atoms with Gasteiger partial charge in [-0.05, 0) is 32.4 Å². The maximum atomic E-state index is 6.19. The number of nitrogens with zero attached hydrogens (tertiary/aromatic N) is 5. The van der Waals surface area contributed by atoms with Crippen LogP contribution >= 0.6 is 11.6 Å². The van der Waals surface area contributed by atoms with Crippen LogP contribution in [0.1, 0.15) is 24.6 Å². The molecule has 24 heavy (non-hydrogen) atoms. The van der Waals surface area contributed by atoms with Crippen LogP contribution in [0.2, 0.25) is 5.02 Å². The van der Waals surface area contributed by atoms with E-state index in [0.29, 0.717) is 28.8 Å². The van der Waals surface area contributed by atoms with E-state index >= 15 is 0 Å². The average Bonchev–Trinajstić information content (AvgIpc) is 3.00. The molecule has 0 aliphatic carbocycles. The fraction of sp³-hybridized carbons (Fsp3) is 0.562. The quantitative estimate of drug-likeness (QED) is 0.892. The molecular formula is C16H23ClN6O. The van der Waals surface area contributed by atoms with Gasteiger partial charge in [-0.25, -0.2) is 9.97 Å². The summed E-state index contributed by atoms with van der Waals surface area (Å²) in [7, 11) is 5.76. The van der Waals surface area contributed by atoms with Crippen molar-refractivity contribution in [3.8, 4) is 6.01 Å². The molecule has 3 heterocycles. The van der Waals surface area contributed by atoms with Crippen molar-refractivity contribution in [2.24, 2.45) is 13.0 Å². The number of halogens is 1. The molecule has 0 aromatic carbocycles. The van der Waals surface area contributed by atoms with E-state index in [4.69, 9.17) is 16.3 Å². The molecule has 0 bridgehead atoms. The molecule has 0 amide bonds. The standard InChI is InChI=1S/C16H23ClN6O/c1-22-6-4-5-11(14(22)13-9-18-10-23(13)2)7-19-15-12(17)8-20-16(21-15)24-3/h8-11,14H,4-7H2,1-3H3,(H,19,20,21)/t11-,14+/m0/s1. The maximum absolute atomic E-state index is 6.19. The summed E-state index contributed by atoms with van der Waals surface area (Å²) in [6, 6.07) is 0.632. The predicted octanol–water partition coefficient (Wildman–Crippen LogP) is 2.37. The number of nitrogens with one attached hydrogen (secondary N) is 1. The van der Waals surface area contributed by atoms with Gasteiger partial charge in [0.15, 0.2) is 5.82 Å². The van der Waals surface area contributed by atoms with Crippen LogP contribution in [-0.2, 0) is 7.05 Å². The van der Waals surface area contributed by atoms with Gasteiger partial charge in [0.1, 0.15) is 5.02 Å². The SMILES string of the molecule is COc1ncc(Cl)c(NC[C@@H]2CCCN(C)[C@H]2c2cncn2C)n1. The second-order valence-electron chi connectivity index (χ2n) is 6.19. The third-order valence-corrected chi connectivity index (χ3v) is 4.88. The van der Waals surface area contributed by atoms with E-state index in [0.717, 1.165) is 19.5 Å². The second-order valence-corrected chi connectivity index (χ2v) is 6.60. The number of anilines is 1. The number of ether oxygens (including phenoxy) is 1. The Morgan fingerprint density at radius 1 is 1.38 bits per heavy atom. The van der Waals surface area contributed by atoms with Crippen LogP contribution in [0.5, 0.6) is 6.01 Å². The second kappa shape index (κ2) is 7.36. The molecule has 2 aromatic rings. The molecule has 1 aliphatic rings. The zero-order valence-corrected chi connectivity index (χ0v) is 15.0. The van der Waals surface area contributed by atoms with Gasteiger partial charge in [0.25, 0.3) is 0 Å². The highest BCUT2D eigenvalue weighted by atomic mass is 35.5. The molecule has 1 saturated heterocycles. The monoisotopic (exact) mass is 350 g/mol. The first kappa shape index (κ1) is 17.0. The molecule has 7 nitrogen and oxygen atoms in total. The molecular weight excluding hydrogens is 328 g/mol. The Morgan fingerprint density at radius 2 is 2.21 bits per heavy atom. The molecule has 0 radical (unpaired) electrons. The molecule has 0 unspecified atom stereocenters. The Kier molecular flexibility index (Phi) is 5.20. The molecule has 0 spiro atoms. The Bertz CT molecular complexity index is 691. The summed E-state index contributed by atoms with van der Waals surface area (Å²) in [5.74, 6) is 1.05. The first-order valence-corrected chi connectivity index (χ1v) is 8.44. The highest BCUT2D eigenvalue weighted by molar-refractivity contribution is 6.32. The first-order valence-electron chi connectivity index (χ1n) is 8.07. The number of methoxy groups -OCH3 is 1. The average molecular weight is 351 g/mol. The van der Waals surface area contributed by atoms with E-state index in [9.17, 15) is 0 Å². The lowest BCUT2D eigenvalue weighted by Gasteiger charge is -2.39. The van der Waals surface area contributed by atoms with Crippen LogP contribution in [0, 0.1) is 5.92 Å². The van der Waals surface area contributed by atoms with Crippen LogP contribution < -0.4 is 10.1 Å². The van der Waals surface area contributed by atoms with Crippen LogP contribution in [0.4, 0.5) is 5.82 Å². The molecule has 130 valence electrons. The number of aromatic nitrogens is 4. The van der Waals surface area contributed by atoms with Gasteiger partial charge >= 0.3 is 6.01 Å². The van der Waals surface area contributed by atoms with E-state index < -0.39 is 0 Å². The molecule has 1 aliphatic heterocycles.